The van der Waals surface area contributed by atoms with Crippen LogP contribution in [0.2, 0.25) is 18.1 Å². The van der Waals surface area contributed by atoms with Crippen LogP contribution in [0.15, 0.2) is 30.3 Å². The topological polar surface area (TPSA) is 59.6 Å². The molecule has 0 aliphatic heterocycles. The molecule has 0 heterocycles. The van der Waals surface area contributed by atoms with Crippen LogP contribution in [0.5, 0.6) is 0 Å². The first kappa shape index (κ1) is 27.2. The summed E-state index contributed by atoms with van der Waals surface area (Å²) in [6, 6.07) is 11.2. The largest absolute Gasteiger partial charge is 0.445 e. The van der Waals surface area contributed by atoms with E-state index in [0.29, 0.717) is 24.8 Å². The molecule has 206 valence electrons. The van der Waals surface area contributed by atoms with Gasteiger partial charge in [0, 0.05) is 24.7 Å². The normalized spacial score (nSPS) is 35.4. The molecule has 37 heavy (non-hydrogen) atoms. The fourth-order valence-corrected chi connectivity index (χ4v) is 9.35. The number of rotatable bonds is 8. The summed E-state index contributed by atoms with van der Waals surface area (Å²) in [6.45, 7) is 12.9. The maximum Gasteiger partial charge on any atom is 0.407 e. The summed E-state index contributed by atoms with van der Waals surface area (Å²) in [5, 5.41) is 7.61. The Bertz CT molecular complexity index is 906. The van der Waals surface area contributed by atoms with Gasteiger partial charge in [-0.25, -0.2) is 4.79 Å². The molecule has 0 aromatic heterocycles. The van der Waals surface area contributed by atoms with E-state index in [1.807, 2.05) is 30.3 Å². The Morgan fingerprint density at radius 2 is 1.65 bits per heavy atom. The van der Waals surface area contributed by atoms with Gasteiger partial charge in [0.05, 0.1) is 0 Å². The van der Waals surface area contributed by atoms with Crippen molar-refractivity contribution in [2.45, 2.75) is 121 Å². The highest BCUT2D eigenvalue weighted by atomic mass is 28.4. The maximum absolute atomic E-state index is 12.5. The van der Waals surface area contributed by atoms with E-state index in [9.17, 15) is 4.79 Å². The Hall–Kier alpha value is -1.37. The summed E-state index contributed by atoms with van der Waals surface area (Å²) in [6.07, 6.45) is 11.6. The predicted molar refractivity (Wildman–Crippen MR) is 152 cm³/mol. The predicted octanol–water partition coefficient (Wildman–Crippen LogP) is 7.03. The minimum Gasteiger partial charge on any atom is -0.445 e. The highest BCUT2D eigenvalue weighted by Crippen LogP contribution is 2.60. The molecule has 1 amide bonds. The number of carbonyl (C=O) groups excluding carboxylic acids is 1. The van der Waals surface area contributed by atoms with Crippen LogP contribution in [-0.4, -0.2) is 39.1 Å². The summed E-state index contributed by atoms with van der Waals surface area (Å²) in [5.74, 6) is 2.36. The van der Waals surface area contributed by atoms with Crippen molar-refractivity contribution in [3.05, 3.63) is 35.9 Å². The number of benzene rings is 1. The van der Waals surface area contributed by atoms with Crippen molar-refractivity contribution >= 4 is 14.4 Å². The molecule has 5 aliphatic carbocycles. The van der Waals surface area contributed by atoms with Crippen LogP contribution in [-0.2, 0) is 15.8 Å². The summed E-state index contributed by atoms with van der Waals surface area (Å²) in [7, 11) is -1.68. The minimum atomic E-state index is -1.68. The van der Waals surface area contributed by atoms with Gasteiger partial charge in [0.15, 0.2) is 8.32 Å². The van der Waals surface area contributed by atoms with Crippen LogP contribution < -0.4 is 10.6 Å². The van der Waals surface area contributed by atoms with Gasteiger partial charge in [-0.3, -0.25) is 0 Å². The lowest BCUT2D eigenvalue weighted by Crippen LogP contribution is -2.62. The molecule has 6 heteroatoms. The van der Waals surface area contributed by atoms with E-state index < -0.39 is 8.32 Å². The third-order valence-corrected chi connectivity index (χ3v) is 15.1. The summed E-state index contributed by atoms with van der Waals surface area (Å²) < 4.78 is 12.2. The van der Waals surface area contributed by atoms with E-state index in [2.05, 4.69) is 44.5 Å². The van der Waals surface area contributed by atoms with Gasteiger partial charge in [0.2, 0.25) is 0 Å². The van der Waals surface area contributed by atoms with Gasteiger partial charge in [-0.05, 0) is 105 Å². The highest BCUT2D eigenvalue weighted by molar-refractivity contribution is 6.74. The van der Waals surface area contributed by atoms with Crippen molar-refractivity contribution in [1.29, 1.82) is 0 Å². The molecule has 5 fully saturated rings. The van der Waals surface area contributed by atoms with E-state index in [-0.39, 0.29) is 16.5 Å². The average Bonchev–Trinajstić information content (AvgIpc) is 2.84. The van der Waals surface area contributed by atoms with E-state index >= 15 is 0 Å². The molecular weight excluding hydrogens is 476 g/mol. The van der Waals surface area contributed by atoms with Gasteiger partial charge < -0.3 is 19.8 Å². The quantitative estimate of drug-likeness (QED) is 0.357. The van der Waals surface area contributed by atoms with Crippen LogP contribution >= 0.6 is 0 Å². The molecule has 5 saturated carbocycles. The first-order chi connectivity index (χ1) is 17.5. The fraction of sp³-hybridized carbons (Fsp3) is 0.774. The Morgan fingerprint density at radius 3 is 2.27 bits per heavy atom. The monoisotopic (exact) mass is 526 g/mol. The van der Waals surface area contributed by atoms with Crippen LogP contribution in [0.4, 0.5) is 4.79 Å². The molecule has 0 saturated heterocycles. The Kier molecular flexibility index (Phi) is 7.83. The molecular formula is C31H50N2O3Si. The van der Waals surface area contributed by atoms with Gasteiger partial charge in [-0.1, -0.05) is 51.1 Å². The Balaban J connectivity index is 1.09. The Labute approximate surface area is 226 Å². The van der Waals surface area contributed by atoms with Crippen molar-refractivity contribution < 1.29 is 14.0 Å². The van der Waals surface area contributed by atoms with Gasteiger partial charge in [-0.15, -0.1) is 0 Å². The zero-order valence-corrected chi connectivity index (χ0v) is 24.9. The smallest absolute Gasteiger partial charge is 0.407 e. The second-order valence-electron chi connectivity index (χ2n) is 14.4. The Morgan fingerprint density at radius 1 is 1.00 bits per heavy atom. The van der Waals surface area contributed by atoms with Crippen molar-refractivity contribution in [2.24, 2.45) is 23.2 Å². The molecule has 0 spiro atoms. The van der Waals surface area contributed by atoms with Crippen LogP contribution in [0.1, 0.15) is 84.1 Å². The number of carbonyl (C=O) groups is 1. The molecule has 6 rings (SSSR count). The van der Waals surface area contributed by atoms with Crippen LogP contribution in [0.25, 0.3) is 0 Å². The van der Waals surface area contributed by atoms with Gasteiger partial charge in [0.1, 0.15) is 6.61 Å². The third-order valence-electron chi connectivity index (χ3n) is 10.6. The molecule has 5 aliphatic rings. The standard InChI is InChI=1S/C31H50N2O3Si/c1-30(2,3)37(4,5)36-27-13-11-26(12-14-27)33-28-24-15-23-16-25(28)19-31(17-23,18-24)21-32-29(34)35-20-22-9-7-6-8-10-22/h6-10,23-28,33H,11-21H2,1-5H3,(H,32,34)/t23?,24-,25+,26-,27-,28-,31-. The van der Waals surface area contributed by atoms with Crippen molar-refractivity contribution in [3.63, 3.8) is 0 Å². The average molecular weight is 527 g/mol. The number of ether oxygens (including phenoxy) is 1. The first-order valence-corrected chi connectivity index (χ1v) is 17.8. The zero-order chi connectivity index (χ0) is 26.3. The molecule has 1 unspecified atom stereocenters. The summed E-state index contributed by atoms with van der Waals surface area (Å²) in [5.41, 5.74) is 1.30. The lowest BCUT2D eigenvalue weighted by Gasteiger charge is -2.61. The molecule has 2 N–H and O–H groups in total. The van der Waals surface area contributed by atoms with E-state index in [1.165, 1.54) is 57.8 Å². The minimum absolute atomic E-state index is 0.272. The molecule has 1 aromatic carbocycles. The van der Waals surface area contributed by atoms with Crippen molar-refractivity contribution in [2.75, 3.05) is 6.54 Å². The lowest BCUT2D eigenvalue weighted by molar-refractivity contribution is -0.0786. The molecule has 5 atom stereocenters. The number of alkyl carbamates (subject to hydrolysis) is 1. The number of hydrogen-bond acceptors (Lipinski definition) is 4. The third kappa shape index (κ3) is 6.28. The number of hydrogen-bond donors (Lipinski definition) is 2. The second kappa shape index (κ2) is 10.7. The molecule has 0 radical (unpaired) electrons. The number of amides is 1. The molecule has 1 aromatic rings. The van der Waals surface area contributed by atoms with Gasteiger partial charge in [0.25, 0.3) is 0 Å². The van der Waals surface area contributed by atoms with E-state index in [1.54, 1.807) is 0 Å². The SMILES string of the molecule is CC(C)(C)[Si](C)(C)O[C@H]1CC[C@H](N[C@@H]2[C@@H]3CC4C[C@H]2C[C@@](CNC(=O)OCc2ccccc2)(C4)C3)CC1. The fourth-order valence-electron chi connectivity index (χ4n) is 7.93. The van der Waals surface area contributed by atoms with Crippen molar-refractivity contribution in [3.8, 4) is 0 Å². The highest BCUT2D eigenvalue weighted by Gasteiger charge is 2.55. The summed E-state index contributed by atoms with van der Waals surface area (Å²) >= 11 is 0. The van der Waals surface area contributed by atoms with Gasteiger partial charge >= 0.3 is 6.09 Å². The second-order valence-corrected chi connectivity index (χ2v) is 19.2. The maximum atomic E-state index is 12.5. The first-order valence-electron chi connectivity index (χ1n) is 14.9. The lowest BCUT2D eigenvalue weighted by atomic mass is 9.48. The van der Waals surface area contributed by atoms with Crippen LogP contribution in [0.3, 0.4) is 0 Å². The molecule has 4 bridgehead atoms. The van der Waals surface area contributed by atoms with Gasteiger partial charge in [-0.2, -0.15) is 0 Å². The van der Waals surface area contributed by atoms with Crippen LogP contribution in [0, 0.1) is 23.2 Å². The van der Waals surface area contributed by atoms with E-state index in [0.717, 1.165) is 29.9 Å². The summed E-state index contributed by atoms with van der Waals surface area (Å²) in [4.78, 5) is 12.5. The van der Waals surface area contributed by atoms with E-state index in [4.69, 9.17) is 9.16 Å². The zero-order valence-electron chi connectivity index (χ0n) is 23.9. The molecule has 5 nitrogen and oxygen atoms in total. The van der Waals surface area contributed by atoms with Crippen molar-refractivity contribution in [1.82, 2.24) is 10.6 Å². The number of nitrogens with one attached hydrogen (secondary N) is 2.